The first-order chi connectivity index (χ1) is 10.4. The number of carbonyl (C=O) groups excluding carboxylic acids is 2. The second kappa shape index (κ2) is 14.8. The number of rotatable bonds is 5. The second-order valence-electron chi connectivity index (χ2n) is 5.15. The molecule has 0 spiro atoms. The summed E-state index contributed by atoms with van der Waals surface area (Å²) in [5.41, 5.74) is 0.939. The maximum Gasteiger partial charge on any atom is 0.217 e. The molecule has 1 aliphatic rings. The summed E-state index contributed by atoms with van der Waals surface area (Å²) in [5, 5.41) is 11.5. The van der Waals surface area contributed by atoms with Gasteiger partial charge in [-0.15, -0.1) is 0 Å². The molecule has 1 amide bonds. The Hall–Kier alpha value is -1.16. The van der Waals surface area contributed by atoms with E-state index in [4.69, 9.17) is 5.11 Å². The number of aliphatic hydroxyl groups is 1. The van der Waals surface area contributed by atoms with Crippen molar-refractivity contribution in [2.45, 2.75) is 92.2 Å². The first-order valence-corrected chi connectivity index (χ1v) is 8.61. The van der Waals surface area contributed by atoms with E-state index in [1.54, 1.807) is 0 Å². The molecule has 4 heteroatoms. The van der Waals surface area contributed by atoms with Gasteiger partial charge in [-0.25, -0.2) is 0 Å². The molecule has 1 rings (SSSR count). The number of aliphatic hydroxyl groups excluding tert-OH is 1. The SMILES string of the molecule is CC.CCC(=O)C1=CC[C@H](NC(C)=O)CC1.CCC(O)CC. The van der Waals surface area contributed by atoms with E-state index in [9.17, 15) is 9.59 Å². The van der Waals surface area contributed by atoms with Crippen molar-refractivity contribution in [3.05, 3.63) is 11.6 Å². The Balaban J connectivity index is 0. The van der Waals surface area contributed by atoms with Gasteiger partial charge in [-0.3, -0.25) is 9.59 Å². The Morgan fingerprint density at radius 1 is 1.27 bits per heavy atom. The quantitative estimate of drug-likeness (QED) is 0.812. The van der Waals surface area contributed by atoms with E-state index in [-0.39, 0.29) is 23.8 Å². The Morgan fingerprint density at radius 2 is 1.82 bits per heavy atom. The molecule has 0 aromatic rings. The van der Waals surface area contributed by atoms with Crippen LogP contribution in [0.2, 0.25) is 0 Å². The lowest BCUT2D eigenvalue weighted by Gasteiger charge is -2.21. The predicted molar refractivity (Wildman–Crippen MR) is 92.8 cm³/mol. The van der Waals surface area contributed by atoms with Crippen LogP contribution in [0, 0.1) is 0 Å². The van der Waals surface area contributed by atoms with Gasteiger partial charge in [-0.05, 0) is 37.7 Å². The lowest BCUT2D eigenvalue weighted by Crippen LogP contribution is -2.34. The fraction of sp³-hybridized carbons (Fsp3) is 0.778. The van der Waals surface area contributed by atoms with Gasteiger partial charge in [0, 0.05) is 19.4 Å². The first-order valence-electron chi connectivity index (χ1n) is 8.61. The number of carbonyl (C=O) groups is 2. The Labute approximate surface area is 136 Å². The predicted octanol–water partition coefficient (Wildman–Crippen LogP) is 3.77. The molecule has 1 aliphatic carbocycles. The zero-order valence-electron chi connectivity index (χ0n) is 15.2. The monoisotopic (exact) mass is 313 g/mol. The van der Waals surface area contributed by atoms with Crippen LogP contribution >= 0.6 is 0 Å². The molecule has 0 saturated heterocycles. The van der Waals surface area contributed by atoms with Crippen molar-refractivity contribution < 1.29 is 14.7 Å². The highest BCUT2D eigenvalue weighted by molar-refractivity contribution is 5.95. The van der Waals surface area contributed by atoms with E-state index in [0.717, 1.165) is 37.7 Å². The molecule has 0 saturated carbocycles. The van der Waals surface area contributed by atoms with E-state index in [1.807, 2.05) is 40.7 Å². The molecule has 0 heterocycles. The number of amides is 1. The second-order valence-corrected chi connectivity index (χ2v) is 5.15. The maximum absolute atomic E-state index is 11.3. The average molecular weight is 313 g/mol. The van der Waals surface area contributed by atoms with Crippen LogP contribution in [0.5, 0.6) is 0 Å². The summed E-state index contributed by atoms with van der Waals surface area (Å²) in [6.07, 6.45) is 6.74. The van der Waals surface area contributed by atoms with Gasteiger partial charge in [0.05, 0.1) is 6.10 Å². The van der Waals surface area contributed by atoms with Crippen molar-refractivity contribution in [1.29, 1.82) is 0 Å². The van der Waals surface area contributed by atoms with E-state index >= 15 is 0 Å². The minimum absolute atomic E-state index is 0.00803. The van der Waals surface area contributed by atoms with Gasteiger partial charge in [-0.2, -0.15) is 0 Å². The Kier molecular flexibility index (Phi) is 15.5. The van der Waals surface area contributed by atoms with E-state index < -0.39 is 0 Å². The molecule has 0 aliphatic heterocycles. The van der Waals surface area contributed by atoms with Gasteiger partial charge >= 0.3 is 0 Å². The molecule has 0 aromatic heterocycles. The molecule has 0 bridgehead atoms. The minimum atomic E-state index is -0.0648. The molecule has 0 radical (unpaired) electrons. The molecule has 4 nitrogen and oxygen atoms in total. The minimum Gasteiger partial charge on any atom is -0.393 e. The molecular formula is C18H35NO3. The van der Waals surface area contributed by atoms with Crippen LogP contribution in [0.25, 0.3) is 0 Å². The molecule has 1 atom stereocenters. The van der Waals surface area contributed by atoms with E-state index in [1.165, 1.54) is 6.92 Å². The summed E-state index contributed by atoms with van der Waals surface area (Å²) < 4.78 is 0. The third kappa shape index (κ3) is 11.5. The topological polar surface area (TPSA) is 66.4 Å². The van der Waals surface area contributed by atoms with Gasteiger partial charge in [-0.1, -0.05) is 40.7 Å². The smallest absolute Gasteiger partial charge is 0.217 e. The number of hydrogen-bond acceptors (Lipinski definition) is 3. The Bertz CT molecular complexity index is 333. The summed E-state index contributed by atoms with van der Waals surface area (Å²) >= 11 is 0. The molecular weight excluding hydrogens is 278 g/mol. The highest BCUT2D eigenvalue weighted by Crippen LogP contribution is 2.19. The molecule has 130 valence electrons. The molecule has 0 unspecified atom stereocenters. The highest BCUT2D eigenvalue weighted by Gasteiger charge is 2.17. The lowest BCUT2D eigenvalue weighted by molar-refractivity contribution is -0.119. The zero-order chi connectivity index (χ0) is 17.5. The van der Waals surface area contributed by atoms with Crippen molar-refractivity contribution in [3.8, 4) is 0 Å². The van der Waals surface area contributed by atoms with Gasteiger partial charge in [0.2, 0.25) is 5.91 Å². The number of allylic oxidation sites excluding steroid dienone is 1. The summed E-state index contributed by atoms with van der Waals surface area (Å²) in [4.78, 5) is 22.1. The summed E-state index contributed by atoms with van der Waals surface area (Å²) in [7, 11) is 0. The van der Waals surface area contributed by atoms with Crippen LogP contribution in [-0.4, -0.2) is 28.9 Å². The Morgan fingerprint density at radius 3 is 2.09 bits per heavy atom. The number of Topliss-reactive ketones (excluding diaryl/α,β-unsaturated/α-hetero) is 1. The van der Waals surface area contributed by atoms with Crippen LogP contribution in [0.15, 0.2) is 11.6 Å². The van der Waals surface area contributed by atoms with Crippen molar-refractivity contribution in [3.63, 3.8) is 0 Å². The summed E-state index contributed by atoms with van der Waals surface area (Å²) in [6.45, 7) is 11.4. The molecule has 22 heavy (non-hydrogen) atoms. The molecule has 0 fully saturated rings. The van der Waals surface area contributed by atoms with Crippen molar-refractivity contribution in [2.24, 2.45) is 0 Å². The van der Waals surface area contributed by atoms with Crippen LogP contribution in [-0.2, 0) is 9.59 Å². The first kappa shape index (κ1) is 23.1. The summed E-state index contributed by atoms with van der Waals surface area (Å²) in [6, 6.07) is 0.223. The maximum atomic E-state index is 11.3. The van der Waals surface area contributed by atoms with Gasteiger partial charge in [0.25, 0.3) is 0 Å². The van der Waals surface area contributed by atoms with Crippen LogP contribution in [0.1, 0.15) is 80.1 Å². The standard InChI is InChI=1S/C11H17NO2.C5H12O.C2H6/c1-3-11(14)9-4-6-10(7-5-9)12-8(2)13;1-3-5(6)4-2;1-2/h4,10H,3,5-7H2,1-2H3,(H,12,13);5-6H,3-4H2,1-2H3;1-2H3/t10-;;/m0../s1. The lowest BCUT2D eigenvalue weighted by atomic mass is 9.92. The van der Waals surface area contributed by atoms with Crippen LogP contribution in [0.3, 0.4) is 0 Å². The van der Waals surface area contributed by atoms with E-state index in [0.29, 0.717) is 6.42 Å². The average Bonchev–Trinajstić information content (AvgIpc) is 2.56. The zero-order valence-corrected chi connectivity index (χ0v) is 15.2. The largest absolute Gasteiger partial charge is 0.393 e. The fourth-order valence-electron chi connectivity index (χ4n) is 2.02. The summed E-state index contributed by atoms with van der Waals surface area (Å²) in [5.74, 6) is 0.250. The number of hydrogen-bond donors (Lipinski definition) is 2. The van der Waals surface area contributed by atoms with Gasteiger partial charge in [0.15, 0.2) is 5.78 Å². The normalized spacial score (nSPS) is 16.5. The fourth-order valence-corrected chi connectivity index (χ4v) is 2.02. The third-order valence-electron chi connectivity index (χ3n) is 3.44. The van der Waals surface area contributed by atoms with Crippen molar-refractivity contribution in [1.82, 2.24) is 5.32 Å². The highest BCUT2D eigenvalue weighted by atomic mass is 16.3. The number of ketones is 1. The third-order valence-corrected chi connectivity index (χ3v) is 3.44. The van der Waals surface area contributed by atoms with Gasteiger partial charge in [0.1, 0.15) is 0 Å². The van der Waals surface area contributed by atoms with Crippen molar-refractivity contribution >= 4 is 11.7 Å². The molecule has 0 aromatic carbocycles. The molecule has 2 N–H and O–H groups in total. The van der Waals surface area contributed by atoms with Crippen LogP contribution in [0.4, 0.5) is 0 Å². The number of nitrogens with one attached hydrogen (secondary N) is 1. The van der Waals surface area contributed by atoms with Crippen LogP contribution < -0.4 is 5.32 Å². The van der Waals surface area contributed by atoms with E-state index in [2.05, 4.69) is 5.32 Å². The van der Waals surface area contributed by atoms with Gasteiger partial charge < -0.3 is 10.4 Å². The van der Waals surface area contributed by atoms with Crippen molar-refractivity contribution in [2.75, 3.05) is 0 Å².